The average Bonchev–Trinajstić information content (AvgIpc) is 2.78. The van der Waals surface area contributed by atoms with Gasteiger partial charge in [0.1, 0.15) is 0 Å². The number of nitrogens with zero attached hydrogens (tertiary/aromatic N) is 2. The van der Waals surface area contributed by atoms with Crippen molar-refractivity contribution in [2.24, 2.45) is 5.92 Å². The van der Waals surface area contributed by atoms with Crippen LogP contribution in [0.2, 0.25) is 0 Å². The predicted molar refractivity (Wildman–Crippen MR) is 84.0 cm³/mol. The molecule has 0 radical (unpaired) electrons. The van der Waals surface area contributed by atoms with E-state index in [1.165, 1.54) is 23.4 Å². The molecule has 0 amide bonds. The second-order valence-electron chi connectivity index (χ2n) is 5.65. The molecule has 0 saturated heterocycles. The van der Waals surface area contributed by atoms with E-state index in [-0.39, 0.29) is 0 Å². The van der Waals surface area contributed by atoms with Gasteiger partial charge in [-0.3, -0.25) is 4.68 Å². The van der Waals surface area contributed by atoms with Crippen LogP contribution >= 0.6 is 0 Å². The molecule has 4 heteroatoms. The van der Waals surface area contributed by atoms with Crippen molar-refractivity contribution in [1.29, 1.82) is 0 Å². The topological polar surface area (TPSA) is 39.1 Å². The fourth-order valence-corrected chi connectivity index (χ4v) is 2.43. The molecule has 116 valence electrons. The van der Waals surface area contributed by atoms with Crippen LogP contribution in [0.5, 0.6) is 0 Å². The highest BCUT2D eigenvalue weighted by atomic mass is 16.5. The number of aryl methyl sites for hydroxylation is 2. The molecular weight excluding hydrogens is 250 g/mol. The van der Waals surface area contributed by atoms with Crippen LogP contribution in [-0.4, -0.2) is 30.0 Å². The van der Waals surface area contributed by atoms with Gasteiger partial charge in [0.2, 0.25) is 0 Å². The standard InChI is InChI=1S/C16H31N3O/c1-6-15-14(12-17-9-11-20-5)16(7-2)19(18-15)10-8-13(3)4/h13,17H,6-12H2,1-5H3. The van der Waals surface area contributed by atoms with E-state index in [2.05, 4.69) is 37.7 Å². The second-order valence-corrected chi connectivity index (χ2v) is 5.65. The summed E-state index contributed by atoms with van der Waals surface area (Å²) in [4.78, 5) is 0. The molecule has 0 aliphatic heterocycles. The maximum Gasteiger partial charge on any atom is 0.0669 e. The van der Waals surface area contributed by atoms with Crippen molar-refractivity contribution in [1.82, 2.24) is 15.1 Å². The first-order chi connectivity index (χ1) is 9.63. The van der Waals surface area contributed by atoms with Gasteiger partial charge < -0.3 is 10.1 Å². The minimum absolute atomic E-state index is 0.720. The molecule has 20 heavy (non-hydrogen) atoms. The summed E-state index contributed by atoms with van der Waals surface area (Å²) < 4.78 is 7.31. The lowest BCUT2D eigenvalue weighted by Crippen LogP contribution is -2.20. The van der Waals surface area contributed by atoms with E-state index in [4.69, 9.17) is 9.84 Å². The monoisotopic (exact) mass is 281 g/mol. The van der Waals surface area contributed by atoms with Crippen LogP contribution in [0.15, 0.2) is 0 Å². The normalized spacial score (nSPS) is 11.5. The minimum atomic E-state index is 0.720. The number of hydrogen-bond acceptors (Lipinski definition) is 3. The van der Waals surface area contributed by atoms with Gasteiger partial charge in [0.15, 0.2) is 0 Å². The van der Waals surface area contributed by atoms with Gasteiger partial charge in [0.25, 0.3) is 0 Å². The highest BCUT2D eigenvalue weighted by Gasteiger charge is 2.15. The first-order valence-corrected chi connectivity index (χ1v) is 7.91. The largest absolute Gasteiger partial charge is 0.383 e. The van der Waals surface area contributed by atoms with Crippen molar-refractivity contribution in [2.45, 2.75) is 60.0 Å². The van der Waals surface area contributed by atoms with E-state index >= 15 is 0 Å². The molecule has 0 fully saturated rings. The van der Waals surface area contributed by atoms with Crippen LogP contribution in [0.1, 0.15) is 51.1 Å². The van der Waals surface area contributed by atoms with E-state index in [1.807, 2.05) is 0 Å². The van der Waals surface area contributed by atoms with Crippen molar-refractivity contribution in [3.05, 3.63) is 17.0 Å². The van der Waals surface area contributed by atoms with Gasteiger partial charge in [0.05, 0.1) is 12.3 Å². The van der Waals surface area contributed by atoms with Gasteiger partial charge in [-0.15, -0.1) is 0 Å². The Hall–Kier alpha value is -0.870. The smallest absolute Gasteiger partial charge is 0.0669 e. The van der Waals surface area contributed by atoms with Crippen molar-refractivity contribution in [2.75, 3.05) is 20.3 Å². The molecule has 1 N–H and O–H groups in total. The molecule has 1 aromatic rings. The van der Waals surface area contributed by atoms with Gasteiger partial charge in [-0.2, -0.15) is 5.10 Å². The molecule has 0 bridgehead atoms. The summed E-state index contributed by atoms with van der Waals surface area (Å²) >= 11 is 0. The Morgan fingerprint density at radius 3 is 2.55 bits per heavy atom. The summed E-state index contributed by atoms with van der Waals surface area (Å²) in [5.41, 5.74) is 4.04. The predicted octanol–water partition coefficient (Wildman–Crippen LogP) is 2.79. The lowest BCUT2D eigenvalue weighted by Gasteiger charge is -2.10. The molecule has 0 aromatic carbocycles. The summed E-state index contributed by atoms with van der Waals surface area (Å²) in [5, 5.41) is 8.27. The minimum Gasteiger partial charge on any atom is -0.383 e. The Morgan fingerprint density at radius 2 is 2.00 bits per heavy atom. The first-order valence-electron chi connectivity index (χ1n) is 7.91. The summed E-state index contributed by atoms with van der Waals surface area (Å²) in [5.74, 6) is 0.720. The SMILES string of the molecule is CCc1nn(CCC(C)C)c(CC)c1CNCCOC. The number of hydrogen-bond donors (Lipinski definition) is 1. The zero-order valence-corrected chi connectivity index (χ0v) is 13.8. The highest BCUT2D eigenvalue weighted by molar-refractivity contribution is 5.26. The number of methoxy groups -OCH3 is 1. The van der Waals surface area contributed by atoms with Crippen molar-refractivity contribution >= 4 is 0 Å². The van der Waals surface area contributed by atoms with Crippen molar-refractivity contribution in [3.63, 3.8) is 0 Å². The summed E-state index contributed by atoms with van der Waals surface area (Å²) in [7, 11) is 1.74. The lowest BCUT2D eigenvalue weighted by atomic mass is 10.1. The molecule has 0 aliphatic rings. The lowest BCUT2D eigenvalue weighted by molar-refractivity contribution is 0.199. The maximum absolute atomic E-state index is 5.08. The zero-order chi connectivity index (χ0) is 15.0. The van der Waals surface area contributed by atoms with Crippen LogP contribution in [0, 0.1) is 5.92 Å². The molecule has 0 spiro atoms. The molecule has 1 heterocycles. The van der Waals surface area contributed by atoms with E-state index in [0.29, 0.717) is 0 Å². The molecule has 0 aliphatic carbocycles. The molecule has 0 atom stereocenters. The summed E-state index contributed by atoms with van der Waals surface area (Å²) in [6.07, 6.45) is 3.24. The third-order valence-corrected chi connectivity index (χ3v) is 3.62. The Morgan fingerprint density at radius 1 is 1.25 bits per heavy atom. The summed E-state index contributed by atoms with van der Waals surface area (Å²) in [6, 6.07) is 0. The van der Waals surface area contributed by atoms with E-state index in [9.17, 15) is 0 Å². The Balaban J connectivity index is 2.78. The van der Waals surface area contributed by atoms with Crippen LogP contribution in [0.25, 0.3) is 0 Å². The Labute approximate surface area is 123 Å². The van der Waals surface area contributed by atoms with Crippen LogP contribution < -0.4 is 5.32 Å². The second kappa shape index (κ2) is 9.14. The fourth-order valence-electron chi connectivity index (χ4n) is 2.43. The number of nitrogens with one attached hydrogen (secondary N) is 1. The van der Waals surface area contributed by atoms with Crippen LogP contribution in [-0.2, 0) is 30.7 Å². The molecular formula is C16H31N3O. The van der Waals surface area contributed by atoms with Gasteiger partial charge in [-0.1, -0.05) is 27.7 Å². The number of rotatable bonds is 10. The third-order valence-electron chi connectivity index (χ3n) is 3.62. The van der Waals surface area contributed by atoms with E-state index < -0.39 is 0 Å². The van der Waals surface area contributed by atoms with Gasteiger partial charge in [0, 0.05) is 38.0 Å². The zero-order valence-electron chi connectivity index (χ0n) is 13.8. The van der Waals surface area contributed by atoms with Crippen molar-refractivity contribution < 1.29 is 4.74 Å². The molecule has 0 unspecified atom stereocenters. The molecule has 4 nitrogen and oxygen atoms in total. The quantitative estimate of drug-likeness (QED) is 0.670. The third kappa shape index (κ3) is 4.91. The first kappa shape index (κ1) is 17.2. The highest BCUT2D eigenvalue weighted by Crippen LogP contribution is 2.17. The van der Waals surface area contributed by atoms with Gasteiger partial charge >= 0.3 is 0 Å². The average molecular weight is 281 g/mol. The summed E-state index contributed by atoms with van der Waals surface area (Å²) in [6.45, 7) is 12.5. The Bertz CT molecular complexity index is 385. The van der Waals surface area contributed by atoms with Crippen molar-refractivity contribution in [3.8, 4) is 0 Å². The molecule has 1 rings (SSSR count). The fraction of sp³-hybridized carbons (Fsp3) is 0.812. The van der Waals surface area contributed by atoms with E-state index in [1.54, 1.807) is 7.11 Å². The van der Waals surface area contributed by atoms with Crippen LogP contribution in [0.4, 0.5) is 0 Å². The van der Waals surface area contributed by atoms with Crippen LogP contribution in [0.3, 0.4) is 0 Å². The number of aromatic nitrogens is 2. The van der Waals surface area contributed by atoms with E-state index in [0.717, 1.165) is 45.0 Å². The molecule has 0 saturated carbocycles. The maximum atomic E-state index is 5.08. The van der Waals surface area contributed by atoms with Gasteiger partial charge in [-0.25, -0.2) is 0 Å². The number of ether oxygens (including phenoxy) is 1. The Kier molecular flexibility index (Phi) is 7.85. The molecule has 1 aromatic heterocycles. The van der Waals surface area contributed by atoms with Gasteiger partial charge in [-0.05, 0) is 25.2 Å².